The van der Waals surface area contributed by atoms with Gasteiger partial charge >= 0.3 is 0 Å². The number of halogens is 1. The molecule has 5 nitrogen and oxygen atoms in total. The molecular formula is C20H34IN3O2S. The van der Waals surface area contributed by atoms with E-state index in [1.165, 1.54) is 51.2 Å². The molecule has 1 aliphatic rings. The maximum atomic E-state index is 11.5. The average molecular weight is 507 g/mol. The van der Waals surface area contributed by atoms with E-state index < -0.39 is 9.84 Å². The van der Waals surface area contributed by atoms with Crippen LogP contribution in [0.3, 0.4) is 0 Å². The van der Waals surface area contributed by atoms with Gasteiger partial charge in [0.15, 0.2) is 15.8 Å². The van der Waals surface area contributed by atoms with E-state index in [1.807, 2.05) is 12.1 Å². The minimum Gasteiger partial charge on any atom is -0.357 e. The lowest BCUT2D eigenvalue weighted by Gasteiger charge is -2.12. The maximum Gasteiger partial charge on any atom is 0.191 e. The highest BCUT2D eigenvalue weighted by molar-refractivity contribution is 14.0. The van der Waals surface area contributed by atoms with Gasteiger partial charge in [0.2, 0.25) is 0 Å². The van der Waals surface area contributed by atoms with Gasteiger partial charge in [-0.05, 0) is 37.0 Å². The zero-order chi connectivity index (χ0) is 18.8. The lowest BCUT2D eigenvalue weighted by Crippen LogP contribution is -2.37. The molecule has 1 fully saturated rings. The molecule has 0 heterocycles. The van der Waals surface area contributed by atoms with Crippen LogP contribution in [0, 0.1) is 5.92 Å². The van der Waals surface area contributed by atoms with Gasteiger partial charge in [0.1, 0.15) is 0 Å². The summed E-state index contributed by atoms with van der Waals surface area (Å²) in [4.78, 5) is 4.94. The molecule has 0 atom stereocenters. The molecular weight excluding hydrogens is 473 g/mol. The van der Waals surface area contributed by atoms with E-state index in [-0.39, 0.29) is 24.0 Å². The maximum absolute atomic E-state index is 11.5. The summed E-state index contributed by atoms with van der Waals surface area (Å²) < 4.78 is 23.0. The Morgan fingerprint density at radius 1 is 1.11 bits per heavy atom. The van der Waals surface area contributed by atoms with Crippen molar-refractivity contribution in [2.24, 2.45) is 10.9 Å². The van der Waals surface area contributed by atoms with Crippen molar-refractivity contribution in [3.8, 4) is 0 Å². The van der Waals surface area contributed by atoms with Crippen molar-refractivity contribution in [1.82, 2.24) is 10.6 Å². The van der Waals surface area contributed by atoms with E-state index in [0.717, 1.165) is 30.5 Å². The fraction of sp³-hybridized carbons (Fsp3) is 0.650. The van der Waals surface area contributed by atoms with Crippen molar-refractivity contribution in [3.05, 3.63) is 29.8 Å². The van der Waals surface area contributed by atoms with Gasteiger partial charge < -0.3 is 10.6 Å². The van der Waals surface area contributed by atoms with Crippen LogP contribution in [0.25, 0.3) is 0 Å². The number of sulfone groups is 1. The molecule has 0 saturated heterocycles. The highest BCUT2D eigenvalue weighted by atomic mass is 127. The van der Waals surface area contributed by atoms with Crippen molar-refractivity contribution >= 4 is 39.8 Å². The molecule has 0 unspecified atom stereocenters. The third-order valence-electron chi connectivity index (χ3n) is 4.92. The zero-order valence-corrected chi connectivity index (χ0v) is 19.7. The van der Waals surface area contributed by atoms with Gasteiger partial charge in [-0.25, -0.2) is 13.4 Å². The summed E-state index contributed by atoms with van der Waals surface area (Å²) in [6.45, 7) is 4.34. The van der Waals surface area contributed by atoms with Crippen LogP contribution < -0.4 is 10.6 Å². The van der Waals surface area contributed by atoms with E-state index in [4.69, 9.17) is 0 Å². The summed E-state index contributed by atoms with van der Waals surface area (Å²) in [5.41, 5.74) is 0.996. The monoisotopic (exact) mass is 507 g/mol. The number of benzene rings is 1. The van der Waals surface area contributed by atoms with Crippen LogP contribution in [0.1, 0.15) is 57.4 Å². The predicted octanol–water partition coefficient (Wildman–Crippen LogP) is 4.12. The molecule has 154 valence electrons. The summed E-state index contributed by atoms with van der Waals surface area (Å²) in [7, 11) is -3.14. The van der Waals surface area contributed by atoms with Gasteiger partial charge in [-0.2, -0.15) is 0 Å². The van der Waals surface area contributed by atoms with E-state index in [9.17, 15) is 8.42 Å². The Morgan fingerprint density at radius 2 is 1.78 bits per heavy atom. The number of rotatable bonds is 9. The Balaban J connectivity index is 0.00000364. The van der Waals surface area contributed by atoms with Crippen molar-refractivity contribution < 1.29 is 8.42 Å². The molecule has 0 aliphatic heterocycles. The fourth-order valence-electron chi connectivity index (χ4n) is 3.42. The van der Waals surface area contributed by atoms with E-state index in [1.54, 1.807) is 12.1 Å². The molecule has 1 aromatic carbocycles. The Kier molecular flexibility index (Phi) is 11.3. The third kappa shape index (κ3) is 9.27. The molecule has 0 aromatic heterocycles. The molecule has 0 radical (unpaired) electrons. The predicted molar refractivity (Wildman–Crippen MR) is 124 cm³/mol. The van der Waals surface area contributed by atoms with Gasteiger partial charge in [-0.15, -0.1) is 24.0 Å². The molecule has 1 aromatic rings. The second kappa shape index (κ2) is 12.6. The lowest BCUT2D eigenvalue weighted by atomic mass is 10.0. The first kappa shape index (κ1) is 24.2. The number of aliphatic imine (C=N–C) groups is 1. The summed E-state index contributed by atoms with van der Waals surface area (Å²) in [5, 5.41) is 6.66. The van der Waals surface area contributed by atoms with Crippen LogP contribution in [0.2, 0.25) is 0 Å². The van der Waals surface area contributed by atoms with Crippen LogP contribution in [0.5, 0.6) is 0 Å². The molecule has 2 N–H and O–H groups in total. The number of nitrogens with one attached hydrogen (secondary N) is 2. The average Bonchev–Trinajstić information content (AvgIpc) is 3.12. The van der Waals surface area contributed by atoms with Crippen LogP contribution in [-0.4, -0.2) is 33.7 Å². The standard InChI is InChI=1S/C20H33N3O2S.HI/c1-3-21-20(22-15-7-6-10-17-8-4-5-9-17)23-16-18-11-13-19(14-12-18)26(2,24)25;/h11-14,17H,3-10,15-16H2,1-2H3,(H2,21,22,23);1H. The Morgan fingerprint density at radius 3 is 2.37 bits per heavy atom. The van der Waals surface area contributed by atoms with E-state index in [0.29, 0.717) is 11.4 Å². The van der Waals surface area contributed by atoms with Crippen LogP contribution >= 0.6 is 24.0 Å². The van der Waals surface area contributed by atoms with Crippen molar-refractivity contribution in [3.63, 3.8) is 0 Å². The van der Waals surface area contributed by atoms with Crippen molar-refractivity contribution in [2.75, 3.05) is 19.3 Å². The first-order valence-electron chi connectivity index (χ1n) is 9.80. The zero-order valence-electron chi connectivity index (χ0n) is 16.5. The largest absolute Gasteiger partial charge is 0.357 e. The van der Waals surface area contributed by atoms with Gasteiger partial charge in [-0.1, -0.05) is 50.7 Å². The van der Waals surface area contributed by atoms with E-state index >= 15 is 0 Å². The lowest BCUT2D eigenvalue weighted by molar-refractivity contribution is 0.472. The molecule has 27 heavy (non-hydrogen) atoms. The SMILES string of the molecule is CCNC(=NCc1ccc(S(C)(=O)=O)cc1)NCCCCC1CCCC1.I. The van der Waals surface area contributed by atoms with Gasteiger partial charge in [0, 0.05) is 19.3 Å². The van der Waals surface area contributed by atoms with Gasteiger partial charge in [0.25, 0.3) is 0 Å². The van der Waals surface area contributed by atoms with Crippen LogP contribution in [0.15, 0.2) is 34.2 Å². The number of hydrogen-bond acceptors (Lipinski definition) is 3. The molecule has 7 heteroatoms. The molecule has 0 spiro atoms. The van der Waals surface area contributed by atoms with Crippen molar-refractivity contribution in [1.29, 1.82) is 0 Å². The smallest absolute Gasteiger partial charge is 0.191 e. The number of unbranched alkanes of at least 4 members (excludes halogenated alkanes) is 1. The number of hydrogen-bond donors (Lipinski definition) is 2. The summed E-state index contributed by atoms with van der Waals surface area (Å²) in [5.74, 6) is 1.78. The quantitative estimate of drug-likeness (QED) is 0.228. The molecule has 1 saturated carbocycles. The van der Waals surface area contributed by atoms with Crippen LogP contribution in [-0.2, 0) is 16.4 Å². The highest BCUT2D eigenvalue weighted by Gasteiger charge is 2.13. The minimum absolute atomic E-state index is 0. The number of guanidine groups is 1. The first-order valence-corrected chi connectivity index (χ1v) is 11.7. The first-order chi connectivity index (χ1) is 12.5. The Bertz CT molecular complexity index is 669. The summed E-state index contributed by atoms with van der Waals surface area (Å²) in [6, 6.07) is 6.93. The second-order valence-electron chi connectivity index (χ2n) is 7.18. The Hall–Kier alpha value is -0.830. The number of nitrogens with zero attached hydrogens (tertiary/aromatic N) is 1. The van der Waals surface area contributed by atoms with E-state index in [2.05, 4.69) is 22.5 Å². The Labute approximate surface area is 181 Å². The third-order valence-corrected chi connectivity index (χ3v) is 6.05. The summed E-state index contributed by atoms with van der Waals surface area (Å²) >= 11 is 0. The highest BCUT2D eigenvalue weighted by Crippen LogP contribution is 2.28. The summed E-state index contributed by atoms with van der Waals surface area (Å²) in [6.07, 6.45) is 10.7. The van der Waals surface area contributed by atoms with Gasteiger partial charge in [0.05, 0.1) is 11.4 Å². The second-order valence-corrected chi connectivity index (χ2v) is 9.20. The fourth-order valence-corrected chi connectivity index (χ4v) is 4.05. The normalized spacial score (nSPS) is 15.4. The van der Waals surface area contributed by atoms with Gasteiger partial charge in [-0.3, -0.25) is 0 Å². The van der Waals surface area contributed by atoms with Crippen molar-refractivity contribution in [2.45, 2.75) is 63.3 Å². The topological polar surface area (TPSA) is 70.6 Å². The minimum atomic E-state index is -3.14. The molecule has 0 amide bonds. The molecule has 0 bridgehead atoms. The molecule has 2 rings (SSSR count). The van der Waals surface area contributed by atoms with Crippen LogP contribution in [0.4, 0.5) is 0 Å². The molecule has 1 aliphatic carbocycles.